The minimum atomic E-state index is -3.72. The van der Waals surface area contributed by atoms with Crippen molar-refractivity contribution in [3.63, 3.8) is 0 Å². The number of aryl methyl sites for hydroxylation is 1. The van der Waals surface area contributed by atoms with E-state index in [0.29, 0.717) is 65.5 Å². The van der Waals surface area contributed by atoms with Crippen LogP contribution < -0.4 is 0 Å². The molecule has 0 saturated heterocycles. The van der Waals surface area contributed by atoms with Crippen molar-refractivity contribution in [1.82, 2.24) is 0 Å². The van der Waals surface area contributed by atoms with Gasteiger partial charge >= 0.3 is 114 Å². The molecular weight excluding hydrogens is 2070 g/mol. The Morgan fingerprint density at radius 2 is 0.893 bits per heavy atom. The van der Waals surface area contributed by atoms with E-state index in [0.717, 1.165) is 52.2 Å². The van der Waals surface area contributed by atoms with Gasteiger partial charge in [0.1, 0.15) is 6.29 Å². The third-order valence-corrected chi connectivity index (χ3v) is 22.6. The van der Waals surface area contributed by atoms with Crippen LogP contribution in [0.25, 0.3) is 0 Å². The van der Waals surface area contributed by atoms with Gasteiger partial charge in [-0.15, -0.1) is 0 Å². The molecule has 0 aromatic heterocycles. The van der Waals surface area contributed by atoms with Gasteiger partial charge in [-0.25, -0.2) is 0 Å². The van der Waals surface area contributed by atoms with Crippen LogP contribution in [-0.4, -0.2) is 175 Å². The molecule has 18 radical (unpaired) electrons. The first-order valence-electron chi connectivity index (χ1n) is 30.9. The number of nitriles is 1. The summed E-state index contributed by atoms with van der Waals surface area (Å²) < 4.78 is 68.1. The second-order valence-corrected chi connectivity index (χ2v) is 75.0. The minimum absolute atomic E-state index is 0. The number of hydrogen-bond acceptors (Lipinski definition) is 12. The molecule has 0 spiro atoms. The number of methoxy groups -OCH3 is 5. The normalized spacial score (nSPS) is 30.7. The summed E-state index contributed by atoms with van der Waals surface area (Å²) in [6.45, 7) is 61.9. The van der Waals surface area contributed by atoms with Crippen molar-refractivity contribution in [2.45, 2.75) is 151 Å². The number of ether oxygens (including phenoxy) is 5. The van der Waals surface area contributed by atoms with E-state index in [-0.39, 0.29) is 191 Å². The molecule has 1 aromatic rings. The van der Waals surface area contributed by atoms with Crippen LogP contribution in [0.3, 0.4) is 0 Å². The molecule has 6 fully saturated rings. The number of aldehydes is 1. The standard InChI is InChI=1S/C17H24O4S.C10H17FO.C10H15NO.C10H16O2.C10H18O2.C10H18O.C2H6.CH3I.3CH4.2CH3.6B.5HI.2V/c1-12-6-8-15(9-7-12)22(18,19)21-10-16-13(2)14(3)17(16,4)11-20-5;3*1-7-8(2)10(3,6-12-4)9(7)5-11;1-6-7(2)10(4,5-11)9(6)8(3)12;1-7-8(2)10(4,6-11-5)9(7)3;2*1-2;;;;;;;;;;;;;;;;;;/h6-9,13,16H,3,10-11H2,1-2,4-5H3;7,9H,2,5-6H2,1,3-4H3;7,9H,2,6H2,1,3-4H3;5,7,9H,2,6H2,1,3-4H3;6,8-9,11-12H,2,5H2,1,3-4H3;7,9H,2,6H2,1,3-5H3;1-2H3;1H3;3*1H4;2*1H3;;;;;;;5*1H;;/q;;;;;;;;;;;2*-1;;;;;;;;;;;;+2;+3/p-5/t13-,16+,17+;3*7-,9+,10+;6-,8?,9-,10+;7-,9+,10+;;;;;;;;;;;;;;;;;;;;/m111111..................../s1. The van der Waals surface area contributed by atoms with Gasteiger partial charge in [-0.3, -0.25) is 8.57 Å². The average molecular weight is 2210 g/mol. The maximum atomic E-state index is 12.6. The quantitative estimate of drug-likeness (QED) is 0.0272. The summed E-state index contributed by atoms with van der Waals surface area (Å²) in [5, 5.41) is 27.5. The predicted molar refractivity (Wildman–Crippen MR) is 494 cm³/mol. The molecule has 0 bridgehead atoms. The maximum absolute atomic E-state index is 12.6. The summed E-state index contributed by atoms with van der Waals surface area (Å²) in [6, 6.07) is 8.99. The van der Waals surface area contributed by atoms with Crippen molar-refractivity contribution in [2.75, 3.05) is 93.4 Å². The second kappa shape index (κ2) is 64.6. The number of halogens is 7. The Labute approximate surface area is 727 Å². The van der Waals surface area contributed by atoms with Crippen LogP contribution in [-0.2, 0) is 57.2 Å². The third kappa shape index (κ3) is 34.7. The molecule has 1 aromatic carbocycles. The summed E-state index contributed by atoms with van der Waals surface area (Å²) in [7, 11) is 5.27. The Morgan fingerprint density at radius 1 is 0.592 bits per heavy atom. The average Bonchev–Trinajstić information content (AvgIpc) is 0.774. The number of aliphatic hydroxyl groups is 2. The Balaban J connectivity index is -0.0000000742. The van der Waals surface area contributed by atoms with Crippen molar-refractivity contribution in [3.05, 3.63) is 118 Å². The first kappa shape index (κ1) is 137. The van der Waals surface area contributed by atoms with Crippen molar-refractivity contribution >= 4 is 189 Å². The zero-order chi connectivity index (χ0) is 73.1. The fourth-order valence-electron chi connectivity index (χ4n) is 14.4. The number of rotatable bonds is 18. The zero-order valence-corrected chi connectivity index (χ0v) is 81.8. The molecule has 12 nitrogen and oxygen atoms in total. The Morgan fingerprint density at radius 3 is 1.20 bits per heavy atom. The number of hydrogen-bond donors (Lipinski definition) is 2. The molecule has 28 heteroatoms. The molecular formula is C75H135B6FI6NO11SV2-2. The second-order valence-electron chi connectivity index (χ2n) is 26.2. The number of carbonyl (C=O) groups excluding carboxylic acids is 1. The summed E-state index contributed by atoms with van der Waals surface area (Å²) >= 11 is 14.3. The van der Waals surface area contributed by atoms with E-state index in [1.54, 1.807) is 66.7 Å². The van der Waals surface area contributed by atoms with Gasteiger partial charge in [0, 0.05) is 142 Å². The zero-order valence-electron chi connectivity index (χ0n) is 65.2. The van der Waals surface area contributed by atoms with Gasteiger partial charge in [-0.2, -0.15) is 13.7 Å². The van der Waals surface area contributed by atoms with Crippen LogP contribution >= 0.6 is 122 Å². The van der Waals surface area contributed by atoms with Crippen LogP contribution in [0, 0.1) is 137 Å². The molecule has 19 atom stereocenters. The van der Waals surface area contributed by atoms with Gasteiger partial charge in [0.25, 0.3) is 10.1 Å². The van der Waals surface area contributed by atoms with E-state index in [4.69, 9.17) is 33.1 Å². The molecule has 1 unspecified atom stereocenters. The van der Waals surface area contributed by atoms with E-state index in [1.165, 1.54) is 5.57 Å². The van der Waals surface area contributed by atoms with Gasteiger partial charge < -0.3 is 53.5 Å². The van der Waals surface area contributed by atoms with Crippen molar-refractivity contribution in [2.24, 2.45) is 104 Å². The van der Waals surface area contributed by atoms with Gasteiger partial charge in [0.2, 0.25) is 0 Å². The van der Waals surface area contributed by atoms with E-state index < -0.39 is 10.1 Å². The molecule has 6 aliphatic carbocycles. The number of alkyl halides is 2. The topological polar surface area (TPSA) is 171 Å². The predicted octanol–water partition coefficient (Wildman–Crippen LogP) is 19.9. The fourth-order valence-corrected chi connectivity index (χ4v) is 15.3. The van der Waals surface area contributed by atoms with Crippen molar-refractivity contribution in [1.29, 1.82) is 5.26 Å². The van der Waals surface area contributed by atoms with Crippen LogP contribution in [0.2, 0.25) is 0 Å². The summed E-state index contributed by atoms with van der Waals surface area (Å²) in [4.78, 5) is 12.6. The van der Waals surface area contributed by atoms with E-state index in [1.807, 2.05) is 88.0 Å². The Hall–Kier alpha value is 2.32. The molecule has 2 N–H and O–H groups in total. The van der Waals surface area contributed by atoms with Crippen LogP contribution in [0.1, 0.15) is 139 Å². The molecule has 0 aliphatic heterocycles. The third-order valence-electron chi connectivity index (χ3n) is 21.3. The fraction of sp³-hybridized carbons (Fsp3) is 0.707. The monoisotopic (exact) mass is 2210 g/mol. The first-order valence-corrected chi connectivity index (χ1v) is 57.0. The number of carbonyl (C=O) groups is 1. The molecule has 6 aliphatic rings. The van der Waals surface area contributed by atoms with E-state index in [9.17, 15) is 27.8 Å². The molecule has 0 amide bonds. The molecule has 6 saturated carbocycles. The Kier molecular flexibility index (Phi) is 86.2. The molecule has 103 heavy (non-hydrogen) atoms. The summed E-state index contributed by atoms with van der Waals surface area (Å²) in [5.74, 6) is 3.43. The number of benzene rings is 1. The van der Waals surface area contributed by atoms with Crippen LogP contribution in [0.15, 0.2) is 102 Å². The summed E-state index contributed by atoms with van der Waals surface area (Å²) in [6.07, 6.45) is 0.667. The number of nitrogens with zero attached hydrogens (tertiary/aromatic N) is 1. The Bertz CT molecular complexity index is 2640. The van der Waals surface area contributed by atoms with Gasteiger partial charge in [-0.1, -0.05) is 239 Å². The molecule has 0 heterocycles. The van der Waals surface area contributed by atoms with Gasteiger partial charge in [-0.05, 0) is 72.3 Å². The number of aliphatic hydroxyl groups excluding tert-OH is 2. The van der Waals surface area contributed by atoms with Crippen LogP contribution in [0.5, 0.6) is 0 Å². The van der Waals surface area contributed by atoms with E-state index in [2.05, 4.69) is 196 Å². The van der Waals surface area contributed by atoms with Crippen LogP contribution in [0.4, 0.5) is 4.39 Å². The van der Waals surface area contributed by atoms with Crippen molar-refractivity contribution < 1.29 is 70.1 Å². The SMILES string of the molecule is C.C.C.C=C1[C@@H](C)[C@H](C#N)[C@@]1(C)COC.C=C1[C@@H](C)[C@H](C(C)O)[C@@]1(C)CO.C=C1[C@@H](C)[C@H](C)[C@@]1(C)COC.C=C1[C@@H](C)[C@H](C=O)[C@@]1(C)COC.C=C1[C@@H](C)[C@H](CF)[C@@]1(C)COC.C=C1[C@@H](C)[C@H](COS(=O)(=O)c2ccc(C)cc2)[C@@]1(C)COC.CC.CI.[B].[B].[B].[B].[B].[B].[CH3-].[CH3-].[I][V]([I])[I].[I][V][I]. The van der Waals surface area contributed by atoms with E-state index >= 15 is 0 Å². The molecule has 591 valence electrons. The molecule has 7 rings (SSSR count). The first-order chi connectivity index (χ1) is 42.6. The van der Waals surface area contributed by atoms with Crippen molar-refractivity contribution in [3.8, 4) is 6.07 Å². The summed E-state index contributed by atoms with van der Waals surface area (Å²) in [5.41, 5.74) is 7.36. The van der Waals surface area contributed by atoms with Gasteiger partial charge in [0.15, 0.2) is 0 Å². The van der Waals surface area contributed by atoms with Gasteiger partial charge in [0.05, 0.1) is 75.9 Å².